The van der Waals surface area contributed by atoms with E-state index in [0.717, 1.165) is 39.2 Å². The predicted molar refractivity (Wildman–Crippen MR) is 114 cm³/mol. The minimum absolute atomic E-state index is 0.0941. The molecule has 0 radical (unpaired) electrons. The fraction of sp³-hybridized carbons (Fsp3) is 0.0870. The molecule has 29 heavy (non-hydrogen) atoms. The largest absolute Gasteiger partial charge is 0.324 e. The van der Waals surface area contributed by atoms with Gasteiger partial charge >= 0.3 is 0 Å². The number of hydrogen-bond acceptors (Lipinski definition) is 3. The van der Waals surface area contributed by atoms with Crippen LogP contribution in [0.5, 0.6) is 0 Å². The van der Waals surface area contributed by atoms with Crippen LogP contribution in [0.4, 0.5) is 5.69 Å². The number of para-hydroxylation sites is 2. The van der Waals surface area contributed by atoms with E-state index in [0.29, 0.717) is 0 Å². The van der Waals surface area contributed by atoms with Gasteiger partial charge in [-0.15, -0.1) is 0 Å². The second kappa shape index (κ2) is 6.91. The molecule has 0 unspecified atom stereocenters. The lowest BCUT2D eigenvalue weighted by molar-refractivity contribution is -0.116. The third-order valence-electron chi connectivity index (χ3n) is 5.01. The predicted octanol–water partition coefficient (Wildman–Crippen LogP) is 4.30. The summed E-state index contributed by atoms with van der Waals surface area (Å²) in [6, 6.07) is 19.7. The third-order valence-corrected chi connectivity index (χ3v) is 5.01. The molecule has 5 aromatic rings. The van der Waals surface area contributed by atoms with Crippen LogP contribution in [-0.4, -0.2) is 24.8 Å². The van der Waals surface area contributed by atoms with E-state index in [1.54, 1.807) is 6.33 Å². The molecule has 0 aliphatic carbocycles. The summed E-state index contributed by atoms with van der Waals surface area (Å²) in [6.45, 7) is 2.19. The van der Waals surface area contributed by atoms with Crippen LogP contribution in [0, 0.1) is 6.92 Å². The molecule has 6 heteroatoms. The Morgan fingerprint density at radius 1 is 1.07 bits per heavy atom. The molecule has 3 aromatic heterocycles. The number of benzene rings is 2. The van der Waals surface area contributed by atoms with Gasteiger partial charge in [0.1, 0.15) is 12.2 Å². The van der Waals surface area contributed by atoms with Crippen molar-refractivity contribution in [1.29, 1.82) is 0 Å². The number of hydrogen-bond donors (Lipinski definition) is 1. The molecule has 2 aromatic carbocycles. The van der Waals surface area contributed by atoms with Crippen molar-refractivity contribution in [2.45, 2.75) is 13.5 Å². The number of fused-ring (bicyclic) bond motifs is 2. The highest BCUT2D eigenvalue weighted by molar-refractivity contribution is 5.93. The van der Waals surface area contributed by atoms with Gasteiger partial charge in [-0.05, 0) is 42.8 Å². The van der Waals surface area contributed by atoms with Crippen molar-refractivity contribution in [3.8, 4) is 11.3 Å². The number of carbonyl (C=O) groups is 1. The Balaban J connectivity index is 1.40. The summed E-state index contributed by atoms with van der Waals surface area (Å²) >= 11 is 0. The van der Waals surface area contributed by atoms with Crippen molar-refractivity contribution < 1.29 is 4.79 Å². The van der Waals surface area contributed by atoms with E-state index >= 15 is 0 Å². The molecule has 0 aliphatic heterocycles. The van der Waals surface area contributed by atoms with Crippen LogP contribution in [0.3, 0.4) is 0 Å². The fourth-order valence-corrected chi connectivity index (χ4v) is 3.47. The van der Waals surface area contributed by atoms with Crippen LogP contribution in [0.2, 0.25) is 0 Å². The summed E-state index contributed by atoms with van der Waals surface area (Å²) in [7, 11) is 0. The summed E-state index contributed by atoms with van der Waals surface area (Å²) in [5.74, 6) is -0.0941. The standard InChI is InChI=1S/C23H19N5O/c1-16-9-10-17(20-13-27-11-5-4-8-22(27)25-20)12-19(16)26-23(29)14-28-15-24-18-6-2-3-7-21(18)28/h2-13,15H,14H2,1H3,(H,26,29). The molecule has 0 fully saturated rings. The molecule has 1 amide bonds. The van der Waals surface area contributed by atoms with Gasteiger partial charge in [0.25, 0.3) is 0 Å². The minimum Gasteiger partial charge on any atom is -0.324 e. The van der Waals surface area contributed by atoms with E-state index in [2.05, 4.69) is 15.3 Å². The average molecular weight is 381 g/mol. The van der Waals surface area contributed by atoms with Gasteiger partial charge in [0, 0.05) is 23.6 Å². The number of rotatable bonds is 4. The number of imidazole rings is 2. The zero-order valence-electron chi connectivity index (χ0n) is 15.9. The van der Waals surface area contributed by atoms with Gasteiger partial charge < -0.3 is 14.3 Å². The molecule has 0 atom stereocenters. The van der Waals surface area contributed by atoms with E-state index in [-0.39, 0.29) is 12.5 Å². The quantitative estimate of drug-likeness (QED) is 0.505. The maximum Gasteiger partial charge on any atom is 0.244 e. The van der Waals surface area contributed by atoms with Crippen molar-refractivity contribution in [2.75, 3.05) is 5.32 Å². The lowest BCUT2D eigenvalue weighted by Gasteiger charge is -2.11. The van der Waals surface area contributed by atoms with Crippen LogP contribution in [-0.2, 0) is 11.3 Å². The molecule has 1 N–H and O–H groups in total. The van der Waals surface area contributed by atoms with E-state index in [1.165, 1.54) is 0 Å². The van der Waals surface area contributed by atoms with Gasteiger partial charge in [-0.3, -0.25) is 4.79 Å². The molecule has 0 spiro atoms. The maximum atomic E-state index is 12.7. The zero-order chi connectivity index (χ0) is 19.8. The normalized spacial score (nSPS) is 11.2. The second-order valence-corrected chi connectivity index (χ2v) is 7.03. The van der Waals surface area contributed by atoms with Crippen LogP contribution in [0.25, 0.3) is 27.9 Å². The second-order valence-electron chi connectivity index (χ2n) is 7.03. The molecule has 5 rings (SSSR count). The fourth-order valence-electron chi connectivity index (χ4n) is 3.47. The number of carbonyl (C=O) groups excluding carboxylic acids is 1. The minimum atomic E-state index is -0.0941. The molecular formula is C23H19N5O. The molecular weight excluding hydrogens is 362 g/mol. The molecule has 0 saturated carbocycles. The summed E-state index contributed by atoms with van der Waals surface area (Å²) in [4.78, 5) is 21.7. The molecule has 142 valence electrons. The summed E-state index contributed by atoms with van der Waals surface area (Å²) in [5, 5.41) is 3.03. The zero-order valence-corrected chi connectivity index (χ0v) is 15.9. The molecule has 6 nitrogen and oxygen atoms in total. The lowest BCUT2D eigenvalue weighted by atomic mass is 10.1. The average Bonchev–Trinajstić information content (AvgIpc) is 3.34. The highest BCUT2D eigenvalue weighted by Crippen LogP contribution is 2.25. The highest BCUT2D eigenvalue weighted by Gasteiger charge is 2.11. The Bertz CT molecular complexity index is 1310. The Morgan fingerprint density at radius 3 is 2.83 bits per heavy atom. The van der Waals surface area contributed by atoms with Gasteiger partial charge in [-0.1, -0.05) is 30.3 Å². The Labute approximate surface area is 167 Å². The molecule has 0 aliphatic rings. The molecule has 0 bridgehead atoms. The number of pyridine rings is 1. The number of nitrogens with one attached hydrogen (secondary N) is 1. The van der Waals surface area contributed by atoms with Crippen LogP contribution in [0.1, 0.15) is 5.56 Å². The number of anilines is 1. The third kappa shape index (κ3) is 3.25. The topological polar surface area (TPSA) is 64.2 Å². The first-order chi connectivity index (χ1) is 14.2. The first-order valence-corrected chi connectivity index (χ1v) is 9.42. The molecule has 0 saturated heterocycles. The monoisotopic (exact) mass is 381 g/mol. The van der Waals surface area contributed by atoms with E-state index < -0.39 is 0 Å². The van der Waals surface area contributed by atoms with Crippen molar-refractivity contribution in [2.24, 2.45) is 0 Å². The van der Waals surface area contributed by atoms with Crippen LogP contribution >= 0.6 is 0 Å². The van der Waals surface area contributed by atoms with Crippen LogP contribution in [0.15, 0.2) is 79.4 Å². The summed E-state index contributed by atoms with van der Waals surface area (Å²) < 4.78 is 3.84. The van der Waals surface area contributed by atoms with Gasteiger partial charge in [0.15, 0.2) is 0 Å². The Hall–Kier alpha value is -3.93. The number of aryl methyl sites for hydroxylation is 1. The summed E-state index contributed by atoms with van der Waals surface area (Å²) in [5.41, 5.74) is 6.33. The lowest BCUT2D eigenvalue weighted by Crippen LogP contribution is -2.18. The maximum absolute atomic E-state index is 12.7. The summed E-state index contributed by atoms with van der Waals surface area (Å²) in [6.07, 6.45) is 5.66. The van der Waals surface area contributed by atoms with Gasteiger partial charge in [0.2, 0.25) is 5.91 Å². The van der Waals surface area contributed by atoms with Crippen molar-refractivity contribution in [3.63, 3.8) is 0 Å². The van der Waals surface area contributed by atoms with Crippen molar-refractivity contribution >= 4 is 28.3 Å². The SMILES string of the molecule is Cc1ccc(-c2cn3ccccc3n2)cc1NC(=O)Cn1cnc2ccccc21. The number of nitrogens with zero attached hydrogens (tertiary/aromatic N) is 4. The van der Waals surface area contributed by atoms with E-state index in [1.807, 2.05) is 88.9 Å². The highest BCUT2D eigenvalue weighted by atomic mass is 16.1. The van der Waals surface area contributed by atoms with Crippen LogP contribution < -0.4 is 5.32 Å². The van der Waals surface area contributed by atoms with E-state index in [4.69, 9.17) is 0 Å². The van der Waals surface area contributed by atoms with Crippen molar-refractivity contribution in [1.82, 2.24) is 18.9 Å². The number of amides is 1. The Kier molecular flexibility index (Phi) is 4.09. The Morgan fingerprint density at radius 2 is 1.93 bits per heavy atom. The first kappa shape index (κ1) is 17.2. The van der Waals surface area contributed by atoms with Crippen molar-refractivity contribution in [3.05, 3.63) is 84.9 Å². The smallest absolute Gasteiger partial charge is 0.244 e. The molecule has 3 heterocycles. The van der Waals surface area contributed by atoms with Gasteiger partial charge in [-0.2, -0.15) is 0 Å². The van der Waals surface area contributed by atoms with Gasteiger partial charge in [0.05, 0.1) is 23.1 Å². The first-order valence-electron chi connectivity index (χ1n) is 9.42. The number of aromatic nitrogens is 4. The van der Waals surface area contributed by atoms with Gasteiger partial charge in [-0.25, -0.2) is 9.97 Å². The van der Waals surface area contributed by atoms with E-state index in [9.17, 15) is 4.79 Å².